The van der Waals surface area contributed by atoms with E-state index in [0.29, 0.717) is 12.0 Å². The van der Waals surface area contributed by atoms with Crippen molar-refractivity contribution in [3.05, 3.63) is 75.5 Å². The van der Waals surface area contributed by atoms with Crippen molar-refractivity contribution < 1.29 is 14.5 Å². The van der Waals surface area contributed by atoms with Crippen LogP contribution in [-0.2, 0) is 16.0 Å². The average molecular weight is 351 g/mol. The number of aromatic amines is 1. The molecule has 1 aromatic heterocycles. The van der Waals surface area contributed by atoms with E-state index in [1.165, 1.54) is 13.2 Å². The number of nitrogens with one attached hydrogen (secondary N) is 2. The number of hydrogen-bond acceptors (Lipinski definition) is 5. The fourth-order valence-corrected chi connectivity index (χ4v) is 3.67. The van der Waals surface area contributed by atoms with E-state index in [1.54, 1.807) is 18.2 Å². The van der Waals surface area contributed by atoms with Gasteiger partial charge in [-0.2, -0.15) is 0 Å². The van der Waals surface area contributed by atoms with Gasteiger partial charge in [0.1, 0.15) is 6.04 Å². The molecule has 2 N–H and O–H groups in total. The summed E-state index contributed by atoms with van der Waals surface area (Å²) in [4.78, 5) is 26.7. The van der Waals surface area contributed by atoms with Crippen molar-refractivity contribution in [3.8, 4) is 0 Å². The maximum atomic E-state index is 12.2. The lowest BCUT2D eigenvalue weighted by atomic mass is 9.89. The lowest BCUT2D eigenvalue weighted by Crippen LogP contribution is -2.45. The SMILES string of the molecule is COC(=O)C1Cc2c([nH]c3ccccc23)C(c2ccccc2[N+](=O)[O-])N1. The smallest absolute Gasteiger partial charge is 0.323 e. The van der Waals surface area contributed by atoms with Gasteiger partial charge < -0.3 is 9.72 Å². The van der Waals surface area contributed by atoms with Gasteiger partial charge in [-0.05, 0) is 11.6 Å². The minimum Gasteiger partial charge on any atom is -0.468 e. The van der Waals surface area contributed by atoms with E-state index in [9.17, 15) is 14.9 Å². The summed E-state index contributed by atoms with van der Waals surface area (Å²) >= 11 is 0. The Morgan fingerprint density at radius 2 is 1.92 bits per heavy atom. The summed E-state index contributed by atoms with van der Waals surface area (Å²) in [5, 5.41) is 15.7. The Balaban J connectivity index is 1.92. The van der Waals surface area contributed by atoms with Crippen LogP contribution in [0.25, 0.3) is 10.9 Å². The molecule has 0 aliphatic carbocycles. The zero-order valence-electron chi connectivity index (χ0n) is 14.1. The van der Waals surface area contributed by atoms with Crippen LogP contribution in [0.1, 0.15) is 22.9 Å². The maximum Gasteiger partial charge on any atom is 0.323 e. The van der Waals surface area contributed by atoms with E-state index >= 15 is 0 Å². The first-order chi connectivity index (χ1) is 12.6. The number of nitro groups is 1. The number of rotatable bonds is 3. The van der Waals surface area contributed by atoms with Gasteiger partial charge in [0.15, 0.2) is 0 Å². The molecular formula is C19H17N3O4. The van der Waals surface area contributed by atoms with Crippen molar-refractivity contribution >= 4 is 22.6 Å². The number of para-hydroxylation sites is 2. The van der Waals surface area contributed by atoms with Crippen LogP contribution in [0, 0.1) is 10.1 Å². The Morgan fingerprint density at radius 1 is 1.19 bits per heavy atom. The second-order valence-corrected chi connectivity index (χ2v) is 6.26. The Labute approximate surface area is 149 Å². The molecule has 0 radical (unpaired) electrons. The zero-order chi connectivity index (χ0) is 18.3. The van der Waals surface area contributed by atoms with Gasteiger partial charge in [-0.3, -0.25) is 20.2 Å². The van der Waals surface area contributed by atoms with Gasteiger partial charge >= 0.3 is 5.97 Å². The Bertz CT molecular complexity index is 1010. The number of fused-ring (bicyclic) bond motifs is 3. The average Bonchev–Trinajstić information content (AvgIpc) is 3.05. The molecule has 132 valence electrons. The van der Waals surface area contributed by atoms with Crippen LogP contribution in [-0.4, -0.2) is 29.0 Å². The lowest BCUT2D eigenvalue weighted by molar-refractivity contribution is -0.385. The van der Waals surface area contributed by atoms with E-state index < -0.39 is 17.0 Å². The molecule has 0 spiro atoms. The first-order valence-electron chi connectivity index (χ1n) is 8.27. The van der Waals surface area contributed by atoms with Crippen LogP contribution in [0.15, 0.2) is 48.5 Å². The number of methoxy groups -OCH3 is 1. The van der Waals surface area contributed by atoms with Crippen LogP contribution in [0.2, 0.25) is 0 Å². The summed E-state index contributed by atoms with van der Waals surface area (Å²) in [7, 11) is 1.34. The molecule has 1 aliphatic rings. The first-order valence-corrected chi connectivity index (χ1v) is 8.27. The number of nitro benzene ring substituents is 1. The molecule has 2 heterocycles. The fraction of sp³-hybridized carbons (Fsp3) is 0.211. The normalized spacial score (nSPS) is 19.1. The second kappa shape index (κ2) is 6.27. The lowest BCUT2D eigenvalue weighted by Gasteiger charge is -2.30. The highest BCUT2D eigenvalue weighted by molar-refractivity contribution is 5.87. The second-order valence-electron chi connectivity index (χ2n) is 6.26. The van der Waals surface area contributed by atoms with Gasteiger partial charge in [-0.15, -0.1) is 0 Å². The van der Waals surface area contributed by atoms with Crippen LogP contribution in [0.4, 0.5) is 5.69 Å². The molecule has 7 heteroatoms. The van der Waals surface area contributed by atoms with E-state index in [4.69, 9.17) is 4.74 Å². The molecule has 0 bridgehead atoms. The minimum absolute atomic E-state index is 0.0140. The summed E-state index contributed by atoms with van der Waals surface area (Å²) in [5.41, 5.74) is 3.30. The van der Waals surface area contributed by atoms with Gasteiger partial charge in [-0.25, -0.2) is 0 Å². The predicted molar refractivity (Wildman–Crippen MR) is 95.9 cm³/mol. The molecule has 26 heavy (non-hydrogen) atoms. The minimum atomic E-state index is -0.573. The third kappa shape index (κ3) is 2.53. The topological polar surface area (TPSA) is 97.3 Å². The summed E-state index contributed by atoms with van der Waals surface area (Å²) in [6.07, 6.45) is 0.461. The molecule has 0 saturated heterocycles. The van der Waals surface area contributed by atoms with E-state index in [1.807, 2.05) is 24.3 Å². The largest absolute Gasteiger partial charge is 0.468 e. The molecule has 2 atom stereocenters. The highest BCUT2D eigenvalue weighted by atomic mass is 16.6. The van der Waals surface area contributed by atoms with Gasteiger partial charge in [0.2, 0.25) is 0 Å². The Morgan fingerprint density at radius 3 is 2.69 bits per heavy atom. The highest BCUT2D eigenvalue weighted by Gasteiger charge is 2.36. The first kappa shape index (κ1) is 16.3. The van der Waals surface area contributed by atoms with Crippen molar-refractivity contribution in [1.29, 1.82) is 0 Å². The number of carbonyl (C=O) groups is 1. The molecule has 2 aromatic carbocycles. The Hall–Kier alpha value is -3.19. The van der Waals surface area contributed by atoms with E-state index in [2.05, 4.69) is 10.3 Å². The summed E-state index contributed by atoms with van der Waals surface area (Å²) in [6, 6.07) is 13.3. The number of ether oxygens (including phenoxy) is 1. The molecule has 2 unspecified atom stereocenters. The molecule has 3 aromatic rings. The number of benzene rings is 2. The van der Waals surface area contributed by atoms with Crippen LogP contribution in [0.5, 0.6) is 0 Å². The third-order valence-corrected chi connectivity index (χ3v) is 4.84. The highest BCUT2D eigenvalue weighted by Crippen LogP contribution is 2.38. The maximum absolute atomic E-state index is 12.2. The van der Waals surface area contributed by atoms with Gasteiger partial charge in [0.05, 0.1) is 23.6 Å². The predicted octanol–water partition coefficient (Wildman–Crippen LogP) is 2.85. The summed E-state index contributed by atoms with van der Waals surface area (Å²) < 4.78 is 4.91. The van der Waals surface area contributed by atoms with E-state index in [0.717, 1.165) is 22.2 Å². The monoisotopic (exact) mass is 351 g/mol. The van der Waals surface area contributed by atoms with Crippen LogP contribution >= 0.6 is 0 Å². The van der Waals surface area contributed by atoms with Gasteiger partial charge in [0.25, 0.3) is 5.69 Å². The fourth-order valence-electron chi connectivity index (χ4n) is 3.67. The number of esters is 1. The molecule has 1 aliphatic heterocycles. The number of hydrogen-bond donors (Lipinski definition) is 2. The number of nitrogens with zero attached hydrogens (tertiary/aromatic N) is 1. The van der Waals surface area contributed by atoms with Gasteiger partial charge in [0, 0.05) is 29.1 Å². The van der Waals surface area contributed by atoms with Crippen LogP contribution in [0.3, 0.4) is 0 Å². The van der Waals surface area contributed by atoms with E-state index in [-0.39, 0.29) is 11.7 Å². The molecule has 7 nitrogen and oxygen atoms in total. The standard InChI is InChI=1S/C19H17N3O4/c1-26-19(23)15-10-13-11-6-2-4-8-14(11)20-18(13)17(21-15)12-7-3-5-9-16(12)22(24)25/h2-9,15,17,20-21H,10H2,1H3. The van der Waals surface area contributed by atoms with Crippen molar-refractivity contribution in [1.82, 2.24) is 10.3 Å². The number of aromatic nitrogens is 1. The molecule has 4 rings (SSSR count). The molecular weight excluding hydrogens is 334 g/mol. The summed E-state index contributed by atoms with van der Waals surface area (Å²) in [5.74, 6) is -0.385. The molecule has 0 fully saturated rings. The molecule has 0 amide bonds. The quantitative estimate of drug-likeness (QED) is 0.430. The van der Waals surface area contributed by atoms with Crippen molar-refractivity contribution in [2.24, 2.45) is 0 Å². The zero-order valence-corrected chi connectivity index (χ0v) is 14.1. The van der Waals surface area contributed by atoms with Crippen molar-refractivity contribution in [2.75, 3.05) is 7.11 Å². The number of H-pyrrole nitrogens is 1. The Kier molecular flexibility index (Phi) is 3.93. The molecule has 0 saturated carbocycles. The van der Waals surface area contributed by atoms with Crippen molar-refractivity contribution in [2.45, 2.75) is 18.5 Å². The van der Waals surface area contributed by atoms with Gasteiger partial charge in [-0.1, -0.05) is 36.4 Å². The third-order valence-electron chi connectivity index (χ3n) is 4.84. The van der Waals surface area contributed by atoms with Crippen molar-refractivity contribution in [3.63, 3.8) is 0 Å². The van der Waals surface area contributed by atoms with Crippen LogP contribution < -0.4 is 5.32 Å². The number of carbonyl (C=O) groups excluding carboxylic acids is 1. The summed E-state index contributed by atoms with van der Waals surface area (Å²) in [6.45, 7) is 0.